The molecule has 3 rings (SSSR count). The molecule has 0 saturated heterocycles. The molecule has 2 aromatic carbocycles. The Morgan fingerprint density at radius 3 is 2.32 bits per heavy atom. The first-order valence-corrected chi connectivity index (χ1v) is 9.14. The number of thiocarbonyl (C=S) groups is 1. The summed E-state index contributed by atoms with van der Waals surface area (Å²) in [5.74, 6) is -1.83. The van der Waals surface area contributed by atoms with Crippen LogP contribution in [0, 0.1) is 0 Å². The van der Waals surface area contributed by atoms with E-state index in [9.17, 15) is 13.6 Å². The van der Waals surface area contributed by atoms with Gasteiger partial charge in [0, 0.05) is 11.8 Å². The molecule has 0 heterocycles. The van der Waals surface area contributed by atoms with Crippen LogP contribution in [-0.4, -0.2) is 17.1 Å². The molecule has 28 heavy (non-hydrogen) atoms. The Labute approximate surface area is 167 Å². The third-order valence-corrected chi connectivity index (χ3v) is 4.40. The molecule has 3 N–H and O–H groups in total. The quantitative estimate of drug-likeness (QED) is 0.656. The van der Waals surface area contributed by atoms with Gasteiger partial charge in [0.25, 0.3) is 0 Å². The number of rotatable bonds is 5. The van der Waals surface area contributed by atoms with Crippen LogP contribution in [0.4, 0.5) is 14.5 Å². The number of carbonyl (C=O) groups is 1. The molecule has 0 bridgehead atoms. The number of allylic oxidation sites excluding steroid dienone is 2. The second-order valence-corrected chi connectivity index (χ2v) is 6.63. The molecule has 0 fully saturated rings. The molecule has 0 spiro atoms. The minimum Gasteiger partial charge on any atom is -0.347 e. The molecule has 2 aromatic rings. The lowest BCUT2D eigenvalue weighted by Gasteiger charge is -2.24. The van der Waals surface area contributed by atoms with Gasteiger partial charge in [-0.15, -0.1) is 0 Å². The van der Waals surface area contributed by atoms with E-state index < -0.39 is 29.6 Å². The summed E-state index contributed by atoms with van der Waals surface area (Å²) in [6.07, 6.45) is 2.07. The molecular weight excluding hydrogens is 380 g/mol. The number of halogens is 2. The summed E-state index contributed by atoms with van der Waals surface area (Å²) in [5.41, 5.74) is 1.44. The minimum absolute atomic E-state index is 0.0497. The van der Waals surface area contributed by atoms with Gasteiger partial charge in [-0.25, -0.2) is 8.78 Å². The van der Waals surface area contributed by atoms with Crippen LogP contribution in [-0.2, 0) is 4.79 Å². The van der Waals surface area contributed by atoms with Crippen molar-refractivity contribution in [2.75, 3.05) is 5.32 Å². The number of hydrogen-bond acceptors (Lipinski definition) is 2. The lowest BCUT2D eigenvalue weighted by molar-refractivity contribution is -0.123. The Kier molecular flexibility index (Phi) is 6.49. The Morgan fingerprint density at radius 2 is 1.68 bits per heavy atom. The lowest BCUT2D eigenvalue weighted by atomic mass is 10.0. The normalized spacial score (nSPS) is 17.0. The lowest BCUT2D eigenvalue weighted by Crippen LogP contribution is -2.45. The van der Waals surface area contributed by atoms with E-state index in [4.69, 9.17) is 12.2 Å². The average Bonchev–Trinajstić information content (AvgIpc) is 2.69. The number of hydrogen-bond donors (Lipinski definition) is 3. The molecule has 0 aromatic heterocycles. The summed E-state index contributed by atoms with van der Waals surface area (Å²) in [7, 11) is 0. The summed E-state index contributed by atoms with van der Waals surface area (Å²) in [5, 5.41) is 8.85. The maximum atomic E-state index is 14.0. The molecule has 1 aliphatic rings. The zero-order valence-corrected chi connectivity index (χ0v) is 15.7. The number of anilines is 1. The van der Waals surface area contributed by atoms with Gasteiger partial charge in [-0.05, 0) is 42.4 Å². The highest BCUT2D eigenvalue weighted by molar-refractivity contribution is 7.80. The molecule has 7 heteroatoms. The van der Waals surface area contributed by atoms with Gasteiger partial charge in [0.05, 0.1) is 6.04 Å². The van der Waals surface area contributed by atoms with Crippen molar-refractivity contribution in [1.29, 1.82) is 0 Å². The first kappa shape index (κ1) is 19.7. The topological polar surface area (TPSA) is 53.2 Å². The molecule has 0 saturated carbocycles. The van der Waals surface area contributed by atoms with E-state index in [1.165, 1.54) is 6.08 Å². The van der Waals surface area contributed by atoms with Gasteiger partial charge in [0.15, 0.2) is 5.11 Å². The number of nitrogens with one attached hydrogen (secondary N) is 3. The second kappa shape index (κ2) is 9.23. The van der Waals surface area contributed by atoms with Gasteiger partial charge in [-0.1, -0.05) is 48.5 Å². The van der Waals surface area contributed by atoms with Crippen LogP contribution in [0.2, 0.25) is 0 Å². The average molecular weight is 399 g/mol. The Balaban J connectivity index is 1.73. The van der Waals surface area contributed by atoms with Crippen LogP contribution in [0.1, 0.15) is 18.0 Å². The zero-order chi connectivity index (χ0) is 19.9. The monoisotopic (exact) mass is 399 g/mol. The largest absolute Gasteiger partial charge is 0.347 e. The maximum Gasteiger partial charge on any atom is 0.247 e. The van der Waals surface area contributed by atoms with E-state index >= 15 is 0 Å². The summed E-state index contributed by atoms with van der Waals surface area (Å²) in [6, 6.07) is 16.5. The van der Waals surface area contributed by atoms with Crippen molar-refractivity contribution in [2.24, 2.45) is 0 Å². The molecule has 2 unspecified atom stereocenters. The SMILES string of the molecule is O=C(NC1CC=C(F)C=C1F)C(NC(=S)Nc1ccccc1)c1ccccc1. The summed E-state index contributed by atoms with van der Waals surface area (Å²) < 4.78 is 27.1. The Morgan fingerprint density at radius 1 is 1.04 bits per heavy atom. The fraction of sp³-hybridized carbons (Fsp3) is 0.143. The first-order chi connectivity index (χ1) is 13.5. The Hall–Kier alpha value is -3.06. The fourth-order valence-corrected chi connectivity index (χ4v) is 3.02. The van der Waals surface area contributed by atoms with Gasteiger partial charge in [0.2, 0.25) is 5.91 Å². The van der Waals surface area contributed by atoms with Crippen LogP contribution >= 0.6 is 12.2 Å². The van der Waals surface area contributed by atoms with E-state index in [0.717, 1.165) is 11.8 Å². The molecule has 144 valence electrons. The number of carbonyl (C=O) groups excluding carboxylic acids is 1. The molecule has 1 amide bonds. The van der Waals surface area contributed by atoms with Crippen molar-refractivity contribution >= 4 is 28.9 Å². The van der Waals surface area contributed by atoms with Gasteiger partial charge in [-0.3, -0.25) is 4.79 Å². The van der Waals surface area contributed by atoms with Crippen molar-refractivity contribution in [3.8, 4) is 0 Å². The minimum atomic E-state index is -0.907. The number of amides is 1. The smallest absolute Gasteiger partial charge is 0.247 e. The van der Waals surface area contributed by atoms with E-state index in [-0.39, 0.29) is 11.5 Å². The summed E-state index contributed by atoms with van der Waals surface area (Å²) in [4.78, 5) is 12.9. The number of benzene rings is 2. The Bertz CT molecular complexity index is 900. The van der Waals surface area contributed by atoms with Gasteiger partial charge in [0.1, 0.15) is 17.7 Å². The van der Waals surface area contributed by atoms with Crippen LogP contribution in [0.15, 0.2) is 84.5 Å². The van der Waals surface area contributed by atoms with E-state index in [2.05, 4.69) is 16.0 Å². The molecule has 4 nitrogen and oxygen atoms in total. The van der Waals surface area contributed by atoms with Crippen molar-refractivity contribution in [2.45, 2.75) is 18.5 Å². The second-order valence-electron chi connectivity index (χ2n) is 6.22. The van der Waals surface area contributed by atoms with Gasteiger partial charge < -0.3 is 16.0 Å². The standard InChI is InChI=1S/C21H19F2N3OS/c22-15-11-12-18(17(23)13-15)25-20(27)19(14-7-3-1-4-8-14)26-21(28)24-16-9-5-2-6-10-16/h1-11,13,18-19H,12H2,(H,25,27)(H2,24,26,28). The van der Waals surface area contributed by atoms with Crippen LogP contribution in [0.3, 0.4) is 0 Å². The molecule has 0 radical (unpaired) electrons. The van der Waals surface area contributed by atoms with Crippen LogP contribution in [0.5, 0.6) is 0 Å². The molecule has 1 aliphatic carbocycles. The van der Waals surface area contributed by atoms with E-state index in [1.807, 2.05) is 36.4 Å². The molecule has 2 atom stereocenters. The fourth-order valence-electron chi connectivity index (χ4n) is 2.78. The molecular formula is C21H19F2N3OS. The highest BCUT2D eigenvalue weighted by Crippen LogP contribution is 2.21. The van der Waals surface area contributed by atoms with Crippen molar-refractivity contribution in [3.63, 3.8) is 0 Å². The highest BCUT2D eigenvalue weighted by atomic mass is 32.1. The zero-order valence-electron chi connectivity index (χ0n) is 14.9. The summed E-state index contributed by atoms with van der Waals surface area (Å²) >= 11 is 5.33. The van der Waals surface area contributed by atoms with Crippen molar-refractivity contribution in [3.05, 3.63) is 90.0 Å². The highest BCUT2D eigenvalue weighted by Gasteiger charge is 2.26. The third kappa shape index (κ3) is 5.23. The third-order valence-electron chi connectivity index (χ3n) is 4.18. The first-order valence-electron chi connectivity index (χ1n) is 8.73. The number of para-hydroxylation sites is 1. The van der Waals surface area contributed by atoms with Crippen molar-refractivity contribution in [1.82, 2.24) is 10.6 Å². The maximum absolute atomic E-state index is 14.0. The van der Waals surface area contributed by atoms with Gasteiger partial charge in [-0.2, -0.15) is 0 Å². The van der Waals surface area contributed by atoms with Crippen molar-refractivity contribution < 1.29 is 13.6 Å². The predicted octanol–water partition coefficient (Wildman–Crippen LogP) is 4.31. The van der Waals surface area contributed by atoms with E-state index in [1.54, 1.807) is 24.3 Å². The van der Waals surface area contributed by atoms with E-state index in [0.29, 0.717) is 5.56 Å². The predicted molar refractivity (Wildman–Crippen MR) is 110 cm³/mol. The van der Waals surface area contributed by atoms with Gasteiger partial charge >= 0.3 is 0 Å². The summed E-state index contributed by atoms with van der Waals surface area (Å²) in [6.45, 7) is 0. The molecule has 0 aliphatic heterocycles. The van der Waals surface area contributed by atoms with Crippen LogP contribution in [0.25, 0.3) is 0 Å². The van der Waals surface area contributed by atoms with Crippen LogP contribution < -0.4 is 16.0 Å².